The molecule has 0 aliphatic heterocycles. The highest BCUT2D eigenvalue weighted by Crippen LogP contribution is 2.27. The standard InChI is InChI=1S/C13H11F3N2O2/c1-8(10-3-2-6-20-10)18-12(19)9-4-5-11(17-7-9)13(14,15)16/h2-8H,1H3,(H,18,19)/t8-/m0/s1. The molecule has 0 aliphatic rings. The minimum atomic E-state index is -4.52. The number of nitrogens with zero attached hydrogens (tertiary/aromatic N) is 1. The fourth-order valence-corrected chi connectivity index (χ4v) is 1.58. The number of carbonyl (C=O) groups is 1. The molecule has 0 bridgehead atoms. The summed E-state index contributed by atoms with van der Waals surface area (Å²) in [5.74, 6) is 0.0355. The van der Waals surface area contributed by atoms with Crippen LogP contribution < -0.4 is 5.32 Å². The van der Waals surface area contributed by atoms with E-state index in [-0.39, 0.29) is 11.6 Å². The van der Waals surface area contributed by atoms with Gasteiger partial charge in [-0.05, 0) is 31.2 Å². The number of carbonyl (C=O) groups excluding carboxylic acids is 1. The molecule has 0 fully saturated rings. The van der Waals surface area contributed by atoms with Crippen molar-refractivity contribution in [1.82, 2.24) is 10.3 Å². The van der Waals surface area contributed by atoms with Gasteiger partial charge in [0.1, 0.15) is 11.5 Å². The molecule has 20 heavy (non-hydrogen) atoms. The summed E-state index contributed by atoms with van der Waals surface area (Å²) in [4.78, 5) is 15.1. The van der Waals surface area contributed by atoms with Gasteiger partial charge in [0.2, 0.25) is 0 Å². The zero-order valence-electron chi connectivity index (χ0n) is 10.4. The summed E-state index contributed by atoms with van der Waals surface area (Å²) in [5, 5.41) is 2.60. The molecule has 2 rings (SSSR count). The quantitative estimate of drug-likeness (QED) is 0.941. The van der Waals surface area contributed by atoms with Crippen molar-refractivity contribution in [1.29, 1.82) is 0 Å². The summed E-state index contributed by atoms with van der Waals surface area (Å²) in [7, 11) is 0. The van der Waals surface area contributed by atoms with Crippen molar-refractivity contribution in [3.05, 3.63) is 53.7 Å². The van der Waals surface area contributed by atoms with Crippen LogP contribution in [0.3, 0.4) is 0 Å². The van der Waals surface area contributed by atoms with Crippen molar-refractivity contribution < 1.29 is 22.4 Å². The van der Waals surface area contributed by atoms with Crippen molar-refractivity contribution in [2.24, 2.45) is 0 Å². The molecule has 2 aromatic heterocycles. The predicted octanol–water partition coefficient (Wildman–Crippen LogP) is 3.18. The molecule has 0 unspecified atom stereocenters. The molecule has 0 spiro atoms. The van der Waals surface area contributed by atoms with Gasteiger partial charge < -0.3 is 9.73 Å². The normalized spacial score (nSPS) is 13.0. The van der Waals surface area contributed by atoms with E-state index < -0.39 is 17.8 Å². The molecule has 2 heterocycles. The first kappa shape index (κ1) is 14.1. The molecular weight excluding hydrogens is 273 g/mol. The molecule has 106 valence electrons. The first-order valence-corrected chi connectivity index (χ1v) is 5.75. The van der Waals surface area contributed by atoms with E-state index >= 15 is 0 Å². The molecule has 7 heteroatoms. The number of amides is 1. The van der Waals surface area contributed by atoms with Crippen molar-refractivity contribution in [3.63, 3.8) is 0 Å². The smallest absolute Gasteiger partial charge is 0.433 e. The second-order valence-electron chi connectivity index (χ2n) is 4.14. The molecule has 0 saturated carbocycles. The largest absolute Gasteiger partial charge is 0.467 e. The minimum Gasteiger partial charge on any atom is -0.467 e. The summed E-state index contributed by atoms with van der Waals surface area (Å²) >= 11 is 0. The summed E-state index contributed by atoms with van der Waals surface area (Å²) in [6.07, 6.45) is -2.15. The number of nitrogens with one attached hydrogen (secondary N) is 1. The molecule has 0 saturated heterocycles. The van der Waals surface area contributed by atoms with Gasteiger partial charge in [-0.2, -0.15) is 13.2 Å². The van der Waals surface area contributed by atoms with Crippen LogP contribution in [-0.2, 0) is 6.18 Å². The molecule has 1 N–H and O–H groups in total. The number of furan rings is 1. The van der Waals surface area contributed by atoms with Crippen LogP contribution in [0.4, 0.5) is 13.2 Å². The van der Waals surface area contributed by atoms with E-state index in [0.29, 0.717) is 5.76 Å². The van der Waals surface area contributed by atoms with Gasteiger partial charge in [0, 0.05) is 6.20 Å². The maximum atomic E-state index is 12.3. The summed E-state index contributed by atoms with van der Waals surface area (Å²) in [6, 6.07) is 4.83. The average molecular weight is 284 g/mol. The molecule has 1 atom stereocenters. The Morgan fingerprint density at radius 1 is 1.35 bits per heavy atom. The van der Waals surface area contributed by atoms with Crippen LogP contribution >= 0.6 is 0 Å². The van der Waals surface area contributed by atoms with Crippen LogP contribution in [0, 0.1) is 0 Å². The van der Waals surface area contributed by atoms with Crippen LogP contribution in [0.15, 0.2) is 41.1 Å². The molecular formula is C13H11F3N2O2. The molecule has 1 amide bonds. The Balaban J connectivity index is 2.06. The number of hydrogen-bond donors (Lipinski definition) is 1. The number of aromatic nitrogens is 1. The predicted molar refractivity (Wildman–Crippen MR) is 63.8 cm³/mol. The third-order valence-corrected chi connectivity index (χ3v) is 2.63. The highest BCUT2D eigenvalue weighted by Gasteiger charge is 2.32. The average Bonchev–Trinajstić information content (AvgIpc) is 2.91. The number of hydrogen-bond acceptors (Lipinski definition) is 3. The molecule has 0 aliphatic carbocycles. The maximum absolute atomic E-state index is 12.3. The molecule has 2 aromatic rings. The lowest BCUT2D eigenvalue weighted by Crippen LogP contribution is -2.26. The van der Waals surface area contributed by atoms with Gasteiger partial charge in [-0.15, -0.1) is 0 Å². The first-order chi connectivity index (χ1) is 9.38. The SMILES string of the molecule is C[C@H](NC(=O)c1ccc(C(F)(F)F)nc1)c1ccco1. The Labute approximate surface area is 112 Å². The zero-order chi connectivity index (χ0) is 14.8. The third-order valence-electron chi connectivity index (χ3n) is 2.63. The minimum absolute atomic E-state index is 0.0522. The van der Waals surface area contributed by atoms with Crippen molar-refractivity contribution >= 4 is 5.91 Å². The lowest BCUT2D eigenvalue weighted by molar-refractivity contribution is -0.141. The summed E-state index contributed by atoms with van der Waals surface area (Å²) < 4.78 is 42.1. The van der Waals surface area contributed by atoms with Gasteiger partial charge in [0.05, 0.1) is 17.9 Å². The Hall–Kier alpha value is -2.31. The van der Waals surface area contributed by atoms with Crippen LogP contribution in [0.2, 0.25) is 0 Å². The van der Waals surface area contributed by atoms with Crippen LogP contribution in [-0.4, -0.2) is 10.9 Å². The zero-order valence-corrected chi connectivity index (χ0v) is 10.4. The second-order valence-corrected chi connectivity index (χ2v) is 4.14. The Kier molecular flexibility index (Phi) is 3.78. The number of rotatable bonds is 3. The van der Waals surface area contributed by atoms with Gasteiger partial charge in [0.15, 0.2) is 0 Å². The highest BCUT2D eigenvalue weighted by molar-refractivity contribution is 5.94. The van der Waals surface area contributed by atoms with Gasteiger partial charge in [-0.1, -0.05) is 0 Å². The van der Waals surface area contributed by atoms with Gasteiger partial charge in [-0.3, -0.25) is 9.78 Å². The van der Waals surface area contributed by atoms with E-state index in [4.69, 9.17) is 4.42 Å². The number of halogens is 3. The fourth-order valence-electron chi connectivity index (χ4n) is 1.58. The highest BCUT2D eigenvalue weighted by atomic mass is 19.4. The lowest BCUT2D eigenvalue weighted by Gasteiger charge is -2.11. The lowest BCUT2D eigenvalue weighted by atomic mass is 10.2. The molecule has 0 radical (unpaired) electrons. The Morgan fingerprint density at radius 3 is 2.60 bits per heavy atom. The van der Waals surface area contributed by atoms with Gasteiger partial charge in [-0.25, -0.2) is 0 Å². The van der Waals surface area contributed by atoms with E-state index in [1.54, 1.807) is 19.1 Å². The Bertz CT molecular complexity index is 577. The van der Waals surface area contributed by atoms with Crippen molar-refractivity contribution in [3.8, 4) is 0 Å². The topological polar surface area (TPSA) is 55.1 Å². The first-order valence-electron chi connectivity index (χ1n) is 5.75. The number of alkyl halides is 3. The van der Waals surface area contributed by atoms with Crippen LogP contribution in [0.25, 0.3) is 0 Å². The van der Waals surface area contributed by atoms with E-state index in [2.05, 4.69) is 10.3 Å². The van der Waals surface area contributed by atoms with Crippen molar-refractivity contribution in [2.45, 2.75) is 19.1 Å². The van der Waals surface area contributed by atoms with Gasteiger partial charge >= 0.3 is 6.18 Å². The fraction of sp³-hybridized carbons (Fsp3) is 0.231. The van der Waals surface area contributed by atoms with Gasteiger partial charge in [0.25, 0.3) is 5.91 Å². The molecule has 4 nitrogen and oxygen atoms in total. The van der Waals surface area contributed by atoms with E-state index in [1.165, 1.54) is 6.26 Å². The monoisotopic (exact) mass is 284 g/mol. The third kappa shape index (κ3) is 3.17. The molecule has 0 aromatic carbocycles. The van der Waals surface area contributed by atoms with Crippen LogP contribution in [0.5, 0.6) is 0 Å². The number of pyridine rings is 1. The van der Waals surface area contributed by atoms with E-state index in [9.17, 15) is 18.0 Å². The van der Waals surface area contributed by atoms with E-state index in [1.807, 2.05) is 0 Å². The Morgan fingerprint density at radius 2 is 2.10 bits per heavy atom. The summed E-state index contributed by atoms with van der Waals surface area (Å²) in [6.45, 7) is 1.70. The van der Waals surface area contributed by atoms with E-state index in [0.717, 1.165) is 18.3 Å². The maximum Gasteiger partial charge on any atom is 0.433 e. The summed E-state index contributed by atoms with van der Waals surface area (Å²) in [5.41, 5.74) is -0.982. The van der Waals surface area contributed by atoms with Crippen LogP contribution in [0.1, 0.15) is 34.8 Å². The van der Waals surface area contributed by atoms with Crippen molar-refractivity contribution in [2.75, 3.05) is 0 Å². The second kappa shape index (κ2) is 5.36.